The van der Waals surface area contributed by atoms with Gasteiger partial charge in [0, 0.05) is 0 Å². The number of carbonyl (C=O) groups is 1. The van der Waals surface area contributed by atoms with Gasteiger partial charge in [0.1, 0.15) is 5.75 Å². The largest absolute Gasteiger partial charge is 0.530 e. The lowest BCUT2D eigenvalue weighted by Crippen LogP contribution is -2.03. The first-order valence-electron chi connectivity index (χ1n) is 5.28. The van der Waals surface area contributed by atoms with Crippen molar-refractivity contribution in [2.45, 2.75) is 13.8 Å². The molecule has 0 N–H and O–H groups in total. The number of carbonyl (C=O) groups excluding carboxylic acids is 1. The number of rotatable bonds is 7. The van der Waals surface area contributed by atoms with Crippen molar-refractivity contribution < 1.29 is 22.9 Å². The first-order valence-corrected chi connectivity index (χ1v) is 6.74. The summed E-state index contributed by atoms with van der Waals surface area (Å²) in [5.74, 6) is 0.188. The zero-order valence-corrected chi connectivity index (χ0v) is 10.7. The highest BCUT2D eigenvalue weighted by molar-refractivity contribution is 7.48. The molecule has 0 radical (unpaired) electrons. The fourth-order valence-electron chi connectivity index (χ4n) is 1.19. The van der Waals surface area contributed by atoms with Gasteiger partial charge in [-0.15, -0.1) is 0 Å². The number of hydrogen-bond donors (Lipinski definition) is 0. The van der Waals surface area contributed by atoms with Crippen molar-refractivity contribution in [2.24, 2.45) is 0 Å². The predicted octanol–water partition coefficient (Wildman–Crippen LogP) is 3.06. The molecule has 0 bridgehead atoms. The van der Waals surface area contributed by atoms with E-state index in [0.717, 1.165) is 0 Å². The van der Waals surface area contributed by atoms with Gasteiger partial charge < -0.3 is 4.52 Å². The Hall–Kier alpha value is -1.16. The third-order valence-corrected chi connectivity index (χ3v) is 3.40. The van der Waals surface area contributed by atoms with E-state index >= 15 is 0 Å². The first-order chi connectivity index (χ1) is 8.15. The normalized spacial score (nSPS) is 11.2. The van der Waals surface area contributed by atoms with Crippen LogP contribution in [-0.4, -0.2) is 19.5 Å². The second kappa shape index (κ2) is 6.55. The predicted molar refractivity (Wildman–Crippen MR) is 63.3 cm³/mol. The molecule has 0 atom stereocenters. The van der Waals surface area contributed by atoms with Gasteiger partial charge in [-0.2, -0.15) is 0 Å². The lowest BCUT2D eigenvalue weighted by molar-refractivity contribution is 0.112. The molecule has 0 aliphatic carbocycles. The second-order valence-electron chi connectivity index (χ2n) is 3.03. The number of aldehydes is 1. The smallest absolute Gasteiger partial charge is 0.403 e. The minimum Gasteiger partial charge on any atom is -0.403 e. The van der Waals surface area contributed by atoms with Crippen molar-refractivity contribution >= 4 is 14.1 Å². The second-order valence-corrected chi connectivity index (χ2v) is 4.62. The quantitative estimate of drug-likeness (QED) is 0.555. The molecule has 1 aromatic carbocycles. The van der Waals surface area contributed by atoms with E-state index in [1.165, 1.54) is 6.07 Å². The Morgan fingerprint density at radius 3 is 2.29 bits per heavy atom. The fraction of sp³-hybridized carbons (Fsp3) is 0.364. The monoisotopic (exact) mass is 258 g/mol. The maximum absolute atomic E-state index is 12.1. The van der Waals surface area contributed by atoms with Crippen LogP contribution >= 0.6 is 7.82 Å². The zero-order chi connectivity index (χ0) is 12.7. The topological polar surface area (TPSA) is 61.8 Å². The number of benzene rings is 1. The molecule has 0 heterocycles. The molecular weight excluding hydrogens is 243 g/mol. The van der Waals surface area contributed by atoms with Crippen LogP contribution in [0.25, 0.3) is 0 Å². The van der Waals surface area contributed by atoms with Crippen LogP contribution < -0.4 is 4.52 Å². The fourth-order valence-corrected chi connectivity index (χ4v) is 2.41. The summed E-state index contributed by atoms with van der Waals surface area (Å²) in [4.78, 5) is 10.8. The van der Waals surface area contributed by atoms with Crippen molar-refractivity contribution in [3.63, 3.8) is 0 Å². The third kappa shape index (κ3) is 3.97. The summed E-state index contributed by atoms with van der Waals surface area (Å²) in [5.41, 5.74) is 0.298. The maximum Gasteiger partial charge on any atom is 0.530 e. The van der Waals surface area contributed by atoms with E-state index in [0.29, 0.717) is 11.8 Å². The molecule has 17 heavy (non-hydrogen) atoms. The molecule has 5 nitrogen and oxygen atoms in total. The summed E-state index contributed by atoms with van der Waals surface area (Å²) < 4.78 is 27.2. The highest BCUT2D eigenvalue weighted by Crippen LogP contribution is 2.49. The SMILES string of the molecule is CCOP(=O)(OCC)Oc1ccccc1C=O. The van der Waals surface area contributed by atoms with Crippen LogP contribution in [0.15, 0.2) is 24.3 Å². The molecule has 0 saturated carbocycles. The van der Waals surface area contributed by atoms with E-state index in [1.54, 1.807) is 32.0 Å². The average molecular weight is 258 g/mol. The Morgan fingerprint density at radius 1 is 1.18 bits per heavy atom. The summed E-state index contributed by atoms with van der Waals surface area (Å²) in [6.07, 6.45) is 0.623. The molecule has 0 amide bonds. The van der Waals surface area contributed by atoms with Gasteiger partial charge in [0.25, 0.3) is 0 Å². The van der Waals surface area contributed by atoms with Gasteiger partial charge in [0.2, 0.25) is 0 Å². The molecule has 0 aliphatic rings. The third-order valence-electron chi connectivity index (χ3n) is 1.83. The Bertz CT molecular complexity index is 408. The van der Waals surface area contributed by atoms with E-state index in [1.807, 2.05) is 0 Å². The van der Waals surface area contributed by atoms with Gasteiger partial charge >= 0.3 is 7.82 Å². The Balaban J connectivity index is 2.93. The zero-order valence-electron chi connectivity index (χ0n) is 9.79. The molecule has 0 aromatic heterocycles. The molecule has 0 saturated heterocycles. The van der Waals surface area contributed by atoms with Crippen molar-refractivity contribution in [1.29, 1.82) is 0 Å². The molecule has 0 fully saturated rings. The summed E-state index contributed by atoms with van der Waals surface area (Å²) >= 11 is 0. The van der Waals surface area contributed by atoms with Crippen molar-refractivity contribution in [3.8, 4) is 5.75 Å². The number of phosphoric ester groups is 1. The van der Waals surface area contributed by atoms with Crippen LogP contribution in [0.4, 0.5) is 0 Å². The Morgan fingerprint density at radius 2 is 1.76 bits per heavy atom. The maximum atomic E-state index is 12.1. The lowest BCUT2D eigenvalue weighted by Gasteiger charge is -2.17. The van der Waals surface area contributed by atoms with E-state index in [9.17, 15) is 9.36 Å². The van der Waals surface area contributed by atoms with Crippen LogP contribution in [0.5, 0.6) is 5.75 Å². The highest BCUT2D eigenvalue weighted by Gasteiger charge is 2.28. The van der Waals surface area contributed by atoms with Gasteiger partial charge in [-0.1, -0.05) is 12.1 Å². The summed E-state index contributed by atoms with van der Waals surface area (Å²) in [7, 11) is -3.64. The summed E-state index contributed by atoms with van der Waals surface area (Å²) in [5, 5.41) is 0. The van der Waals surface area contributed by atoms with Gasteiger partial charge in [0.05, 0.1) is 18.8 Å². The number of phosphoric acid groups is 1. The molecule has 94 valence electrons. The van der Waals surface area contributed by atoms with Crippen LogP contribution in [-0.2, 0) is 13.6 Å². The summed E-state index contributed by atoms with van der Waals surface area (Å²) in [6, 6.07) is 6.45. The van der Waals surface area contributed by atoms with Crippen molar-refractivity contribution in [2.75, 3.05) is 13.2 Å². The highest BCUT2D eigenvalue weighted by atomic mass is 31.2. The molecule has 0 spiro atoms. The van der Waals surface area contributed by atoms with E-state index in [2.05, 4.69) is 0 Å². The molecule has 0 aliphatic heterocycles. The summed E-state index contributed by atoms with van der Waals surface area (Å²) in [6.45, 7) is 3.75. The van der Waals surface area contributed by atoms with Crippen molar-refractivity contribution in [3.05, 3.63) is 29.8 Å². The van der Waals surface area contributed by atoms with E-state index in [4.69, 9.17) is 13.6 Å². The number of hydrogen-bond acceptors (Lipinski definition) is 5. The van der Waals surface area contributed by atoms with Crippen LogP contribution in [0, 0.1) is 0 Å². The Kier molecular flexibility index (Phi) is 5.35. The molecule has 0 unspecified atom stereocenters. The van der Waals surface area contributed by atoms with Crippen LogP contribution in [0.3, 0.4) is 0 Å². The van der Waals surface area contributed by atoms with E-state index < -0.39 is 7.82 Å². The standard InChI is InChI=1S/C11H15O5P/c1-3-14-17(13,15-4-2)16-11-8-6-5-7-10(11)9-12/h5-9H,3-4H2,1-2H3. The minimum atomic E-state index is -3.64. The van der Waals surface area contributed by atoms with Crippen LogP contribution in [0.2, 0.25) is 0 Å². The van der Waals surface area contributed by atoms with Gasteiger partial charge in [0.15, 0.2) is 6.29 Å². The Labute approximate surface area is 100 Å². The van der Waals surface area contributed by atoms with Crippen molar-refractivity contribution in [1.82, 2.24) is 0 Å². The number of para-hydroxylation sites is 1. The van der Waals surface area contributed by atoms with E-state index in [-0.39, 0.29) is 19.0 Å². The average Bonchev–Trinajstić information content (AvgIpc) is 2.30. The molecular formula is C11H15O5P. The van der Waals surface area contributed by atoms with Gasteiger partial charge in [-0.25, -0.2) is 4.57 Å². The van der Waals surface area contributed by atoms with Gasteiger partial charge in [-0.05, 0) is 26.0 Å². The van der Waals surface area contributed by atoms with Crippen LogP contribution in [0.1, 0.15) is 24.2 Å². The van der Waals surface area contributed by atoms with Gasteiger partial charge in [-0.3, -0.25) is 13.8 Å². The molecule has 1 aromatic rings. The first kappa shape index (κ1) is 13.9. The minimum absolute atomic E-state index is 0.188. The molecule has 6 heteroatoms. The molecule has 1 rings (SSSR count). The lowest BCUT2D eigenvalue weighted by atomic mass is 10.2.